The van der Waals surface area contributed by atoms with Crippen molar-refractivity contribution in [3.63, 3.8) is 0 Å². The van der Waals surface area contributed by atoms with Crippen LogP contribution in [0, 0.1) is 5.82 Å². The molecular weight excluding hydrogens is 617 g/mol. The third kappa shape index (κ3) is 7.86. The molecule has 11 nitrogen and oxygen atoms in total. The van der Waals surface area contributed by atoms with Gasteiger partial charge < -0.3 is 34.1 Å². The summed E-state index contributed by atoms with van der Waals surface area (Å²) in [5.41, 5.74) is 1.37. The van der Waals surface area contributed by atoms with E-state index in [0.717, 1.165) is 5.56 Å². The summed E-state index contributed by atoms with van der Waals surface area (Å²) in [6.07, 6.45) is 0.407. The molecule has 1 N–H and O–H groups in total. The predicted molar refractivity (Wildman–Crippen MR) is 172 cm³/mol. The Kier molecular flexibility index (Phi) is 9.66. The number of halogens is 2. The predicted octanol–water partition coefficient (Wildman–Crippen LogP) is 7.19. The van der Waals surface area contributed by atoms with Crippen molar-refractivity contribution in [1.82, 2.24) is 19.8 Å². The van der Waals surface area contributed by atoms with Gasteiger partial charge in [0.05, 0.1) is 23.7 Å². The van der Waals surface area contributed by atoms with Crippen LogP contribution in [0.4, 0.5) is 25.5 Å². The first-order chi connectivity index (χ1) is 21.9. The third-order valence-electron chi connectivity index (χ3n) is 7.13. The standard InChI is InChI=1S/C33H35ClFN5O6/c1-20-17-39(31(41)46-33(2,3)4)12-13-40(20)32(42)45-29-15-24-26(16-28(29)43-5)36-19-37-30(24)38-23-10-11-27(25(34)14-23)44-18-21-6-8-22(35)9-7-21/h6-11,14-16,19-20H,12-13,17-18H2,1-5H3,(H,36,37,38)/t20-/m1/s1. The number of rotatable bonds is 7. The maximum atomic E-state index is 13.3. The number of nitrogens with one attached hydrogen (secondary N) is 1. The number of aromatic nitrogens is 2. The molecule has 1 fully saturated rings. The van der Waals surface area contributed by atoms with Gasteiger partial charge in [-0.3, -0.25) is 0 Å². The van der Waals surface area contributed by atoms with Crippen molar-refractivity contribution in [3.8, 4) is 17.2 Å². The van der Waals surface area contributed by atoms with Crippen molar-refractivity contribution in [3.05, 3.63) is 77.3 Å². The molecule has 0 spiro atoms. The topological polar surface area (TPSA) is 115 Å². The molecule has 0 saturated carbocycles. The molecule has 1 saturated heterocycles. The van der Waals surface area contributed by atoms with Gasteiger partial charge in [-0.2, -0.15) is 0 Å². The second-order valence-electron chi connectivity index (χ2n) is 11.8. The van der Waals surface area contributed by atoms with Gasteiger partial charge in [0.2, 0.25) is 0 Å². The highest BCUT2D eigenvalue weighted by molar-refractivity contribution is 6.32. The number of ether oxygens (including phenoxy) is 4. The fraction of sp³-hybridized carbons (Fsp3) is 0.333. The second kappa shape index (κ2) is 13.7. The Morgan fingerprint density at radius 2 is 1.76 bits per heavy atom. The Bertz CT molecular complexity index is 1730. The number of nitrogens with zero attached hydrogens (tertiary/aromatic N) is 4. The molecule has 13 heteroatoms. The fourth-order valence-corrected chi connectivity index (χ4v) is 5.09. The number of carbonyl (C=O) groups excluding carboxylic acids is 2. The number of carbonyl (C=O) groups is 2. The number of methoxy groups -OCH3 is 1. The highest BCUT2D eigenvalue weighted by Gasteiger charge is 2.33. The minimum atomic E-state index is -0.614. The van der Waals surface area contributed by atoms with E-state index in [2.05, 4.69) is 15.3 Å². The smallest absolute Gasteiger partial charge is 0.415 e. The van der Waals surface area contributed by atoms with E-state index >= 15 is 0 Å². The summed E-state index contributed by atoms with van der Waals surface area (Å²) >= 11 is 6.50. The molecule has 0 unspecified atom stereocenters. The Labute approximate surface area is 271 Å². The van der Waals surface area contributed by atoms with Crippen molar-refractivity contribution in [2.75, 3.05) is 32.1 Å². The molecular formula is C33H35ClFN5O6. The van der Waals surface area contributed by atoms with Crippen LogP contribution in [0.1, 0.15) is 33.3 Å². The number of hydrogen-bond donors (Lipinski definition) is 1. The SMILES string of the molecule is COc1cc2ncnc(Nc3ccc(OCc4ccc(F)cc4)c(Cl)c3)c2cc1OC(=O)N1CCN(C(=O)OC(C)(C)C)C[C@H]1C. The monoisotopic (exact) mass is 651 g/mol. The maximum Gasteiger partial charge on any atom is 0.415 e. The van der Waals surface area contributed by atoms with Crippen molar-refractivity contribution >= 4 is 46.2 Å². The molecule has 242 valence electrons. The van der Waals surface area contributed by atoms with Crippen molar-refractivity contribution < 1.29 is 32.9 Å². The largest absolute Gasteiger partial charge is 0.493 e. The van der Waals surface area contributed by atoms with E-state index in [4.69, 9.17) is 30.5 Å². The summed E-state index contributed by atoms with van der Waals surface area (Å²) in [4.78, 5) is 37.7. The molecule has 2 heterocycles. The lowest BCUT2D eigenvalue weighted by Gasteiger charge is -2.39. The van der Waals surface area contributed by atoms with E-state index in [1.165, 1.54) is 25.6 Å². The number of fused-ring (bicyclic) bond motifs is 1. The lowest BCUT2D eigenvalue weighted by Crippen LogP contribution is -2.56. The van der Waals surface area contributed by atoms with Crippen LogP contribution >= 0.6 is 11.6 Å². The van der Waals surface area contributed by atoms with E-state index < -0.39 is 17.8 Å². The van der Waals surface area contributed by atoms with Crippen LogP contribution in [0.3, 0.4) is 0 Å². The highest BCUT2D eigenvalue weighted by Crippen LogP contribution is 2.36. The minimum absolute atomic E-state index is 0.183. The first kappa shape index (κ1) is 32.6. The lowest BCUT2D eigenvalue weighted by molar-refractivity contribution is 0.00782. The van der Waals surface area contributed by atoms with Gasteiger partial charge >= 0.3 is 12.2 Å². The zero-order valence-electron chi connectivity index (χ0n) is 26.2. The summed E-state index contributed by atoms with van der Waals surface area (Å²) in [6.45, 7) is 8.39. The number of benzene rings is 3. The van der Waals surface area contributed by atoms with Crippen molar-refractivity contribution in [1.29, 1.82) is 0 Å². The molecule has 1 aromatic heterocycles. The molecule has 1 atom stereocenters. The van der Waals surface area contributed by atoms with Crippen LogP contribution in [-0.2, 0) is 11.3 Å². The normalized spacial score (nSPS) is 15.0. The first-order valence-electron chi connectivity index (χ1n) is 14.6. The van der Waals surface area contributed by atoms with Gasteiger partial charge in [0, 0.05) is 36.8 Å². The van der Waals surface area contributed by atoms with Crippen molar-refractivity contribution in [2.24, 2.45) is 0 Å². The molecule has 1 aliphatic rings. The third-order valence-corrected chi connectivity index (χ3v) is 7.43. The van der Waals surface area contributed by atoms with Crippen LogP contribution in [0.15, 0.2) is 60.9 Å². The lowest BCUT2D eigenvalue weighted by atomic mass is 10.2. The fourth-order valence-electron chi connectivity index (χ4n) is 4.85. The van der Waals surface area contributed by atoms with Crippen molar-refractivity contribution in [2.45, 2.75) is 45.9 Å². The Morgan fingerprint density at radius 3 is 2.43 bits per heavy atom. The Hall–Kier alpha value is -4.84. The zero-order chi connectivity index (χ0) is 33.0. The van der Waals surface area contributed by atoms with Crippen LogP contribution < -0.4 is 19.5 Å². The van der Waals surface area contributed by atoms with Gasteiger partial charge in [-0.05, 0) is 69.7 Å². The molecule has 46 heavy (non-hydrogen) atoms. The first-order valence-corrected chi connectivity index (χ1v) is 15.0. The summed E-state index contributed by atoms with van der Waals surface area (Å²) in [5, 5.41) is 4.18. The number of anilines is 2. The summed E-state index contributed by atoms with van der Waals surface area (Å²) < 4.78 is 35.8. The number of piperazine rings is 1. The van der Waals surface area contributed by atoms with Gasteiger partial charge in [-0.25, -0.2) is 23.9 Å². The van der Waals surface area contributed by atoms with Gasteiger partial charge in [-0.1, -0.05) is 23.7 Å². The summed E-state index contributed by atoms with van der Waals surface area (Å²) in [6, 6.07) is 14.2. The zero-order valence-corrected chi connectivity index (χ0v) is 26.9. The van der Waals surface area contributed by atoms with Crippen LogP contribution in [0.25, 0.3) is 10.9 Å². The van der Waals surface area contributed by atoms with Gasteiger partial charge in [0.1, 0.15) is 35.9 Å². The van der Waals surface area contributed by atoms with E-state index in [1.54, 1.807) is 52.3 Å². The maximum absolute atomic E-state index is 13.3. The molecule has 5 rings (SSSR count). The molecule has 0 radical (unpaired) electrons. The molecule has 0 aliphatic carbocycles. The van der Waals surface area contributed by atoms with Gasteiger partial charge in [-0.15, -0.1) is 0 Å². The van der Waals surface area contributed by atoms with Crippen LogP contribution in [0.5, 0.6) is 17.2 Å². The molecule has 1 aliphatic heterocycles. The molecule has 0 bridgehead atoms. The molecule has 4 aromatic rings. The second-order valence-corrected chi connectivity index (χ2v) is 12.2. The molecule has 3 aromatic carbocycles. The van der Waals surface area contributed by atoms with Crippen LogP contribution in [0.2, 0.25) is 5.02 Å². The number of amides is 2. The van der Waals surface area contributed by atoms with E-state index in [-0.39, 0.29) is 30.8 Å². The average Bonchev–Trinajstić information content (AvgIpc) is 3.00. The molecule has 2 amide bonds. The quantitative estimate of drug-likeness (QED) is 0.222. The van der Waals surface area contributed by atoms with E-state index in [0.29, 0.717) is 52.0 Å². The van der Waals surface area contributed by atoms with Gasteiger partial charge in [0.25, 0.3) is 0 Å². The highest BCUT2D eigenvalue weighted by atomic mass is 35.5. The average molecular weight is 652 g/mol. The van der Waals surface area contributed by atoms with Gasteiger partial charge in [0.15, 0.2) is 11.5 Å². The Balaban J connectivity index is 1.30. The summed E-state index contributed by atoms with van der Waals surface area (Å²) in [5.74, 6) is 1.09. The van der Waals surface area contributed by atoms with E-state index in [9.17, 15) is 14.0 Å². The minimum Gasteiger partial charge on any atom is -0.493 e. The Morgan fingerprint density at radius 1 is 1.00 bits per heavy atom. The van der Waals surface area contributed by atoms with E-state index in [1.807, 2.05) is 27.7 Å². The summed E-state index contributed by atoms with van der Waals surface area (Å²) in [7, 11) is 1.47. The van der Waals surface area contributed by atoms with Crippen LogP contribution in [-0.4, -0.2) is 70.3 Å². The number of hydrogen-bond acceptors (Lipinski definition) is 9.